The van der Waals surface area contributed by atoms with E-state index in [-0.39, 0.29) is 17.2 Å². The minimum Gasteiger partial charge on any atom is -0.326 e. The molecule has 2 heteroatoms. The summed E-state index contributed by atoms with van der Waals surface area (Å²) in [5.74, 6) is 0.584. The summed E-state index contributed by atoms with van der Waals surface area (Å²) in [6, 6.07) is 6.16. The monoisotopic (exact) mass is 271 g/mol. The Morgan fingerprint density at radius 2 is 1.90 bits per heavy atom. The standard InChI is InChI=1S/C18H25NO/c1-11(2)9-14-16(18(14,5)6)17(20)19-15-10-12(3)7-8-13(15)4/h7-10,14,16H,1-6H3,(H,19,20)/t14-,16-/m1/s1. The van der Waals surface area contributed by atoms with Crippen molar-refractivity contribution in [3.8, 4) is 0 Å². The Bertz CT molecular complexity index is 565. The zero-order chi connectivity index (χ0) is 15.1. The van der Waals surface area contributed by atoms with Crippen molar-refractivity contribution in [1.29, 1.82) is 0 Å². The lowest BCUT2D eigenvalue weighted by Crippen LogP contribution is -2.17. The maximum absolute atomic E-state index is 12.5. The molecule has 0 aromatic heterocycles. The van der Waals surface area contributed by atoms with E-state index in [1.165, 1.54) is 11.1 Å². The van der Waals surface area contributed by atoms with Crippen LogP contribution in [0, 0.1) is 31.1 Å². The van der Waals surface area contributed by atoms with E-state index in [9.17, 15) is 4.79 Å². The van der Waals surface area contributed by atoms with E-state index in [1.807, 2.05) is 19.9 Å². The SMILES string of the molecule is CC(C)=C[C@@H]1[C@H](C(=O)Nc2cc(C)ccc2C)C1(C)C. The van der Waals surface area contributed by atoms with Gasteiger partial charge >= 0.3 is 0 Å². The number of amides is 1. The lowest BCUT2D eigenvalue weighted by molar-refractivity contribution is -0.118. The Morgan fingerprint density at radius 3 is 2.50 bits per heavy atom. The summed E-state index contributed by atoms with van der Waals surface area (Å²) in [6.07, 6.45) is 2.23. The fourth-order valence-corrected chi connectivity index (χ4v) is 2.93. The Balaban J connectivity index is 2.14. The van der Waals surface area contributed by atoms with E-state index >= 15 is 0 Å². The van der Waals surface area contributed by atoms with E-state index in [2.05, 4.69) is 51.2 Å². The van der Waals surface area contributed by atoms with Crippen LogP contribution in [0.4, 0.5) is 5.69 Å². The van der Waals surface area contributed by atoms with Crippen LogP contribution in [0.25, 0.3) is 0 Å². The zero-order valence-corrected chi connectivity index (χ0v) is 13.4. The van der Waals surface area contributed by atoms with Gasteiger partial charge in [-0.1, -0.05) is 37.6 Å². The number of benzene rings is 1. The van der Waals surface area contributed by atoms with E-state index in [1.54, 1.807) is 0 Å². The molecule has 0 bridgehead atoms. The van der Waals surface area contributed by atoms with Gasteiger partial charge in [0.15, 0.2) is 0 Å². The lowest BCUT2D eigenvalue weighted by atomic mass is 10.1. The van der Waals surface area contributed by atoms with Crippen LogP contribution in [0.15, 0.2) is 29.8 Å². The third-order valence-electron chi connectivity index (χ3n) is 4.36. The molecule has 2 rings (SSSR count). The number of hydrogen-bond acceptors (Lipinski definition) is 1. The summed E-state index contributed by atoms with van der Waals surface area (Å²) in [7, 11) is 0. The second-order valence-corrected chi connectivity index (χ2v) is 6.88. The molecule has 0 spiro atoms. The smallest absolute Gasteiger partial charge is 0.228 e. The van der Waals surface area contributed by atoms with Gasteiger partial charge in [0.25, 0.3) is 0 Å². The second kappa shape index (κ2) is 5.08. The van der Waals surface area contributed by atoms with Crippen molar-refractivity contribution in [1.82, 2.24) is 0 Å². The van der Waals surface area contributed by atoms with Gasteiger partial charge in [-0.15, -0.1) is 0 Å². The molecule has 0 aliphatic heterocycles. The molecule has 1 aromatic rings. The van der Waals surface area contributed by atoms with Crippen molar-refractivity contribution in [3.63, 3.8) is 0 Å². The van der Waals surface area contributed by atoms with Crippen LogP contribution in [0.2, 0.25) is 0 Å². The largest absolute Gasteiger partial charge is 0.326 e. The van der Waals surface area contributed by atoms with Gasteiger partial charge in [0.05, 0.1) is 5.92 Å². The molecule has 1 aliphatic carbocycles. The fraction of sp³-hybridized carbons (Fsp3) is 0.500. The Hall–Kier alpha value is -1.57. The Labute approximate surface area is 122 Å². The van der Waals surface area contributed by atoms with Crippen LogP contribution in [-0.4, -0.2) is 5.91 Å². The summed E-state index contributed by atoms with van der Waals surface area (Å²) in [5, 5.41) is 3.10. The van der Waals surface area contributed by atoms with E-state index in [4.69, 9.17) is 0 Å². The highest BCUT2D eigenvalue weighted by atomic mass is 16.2. The highest BCUT2D eigenvalue weighted by molar-refractivity contribution is 5.96. The average molecular weight is 271 g/mol. The van der Waals surface area contributed by atoms with Crippen molar-refractivity contribution >= 4 is 11.6 Å². The molecule has 2 nitrogen and oxygen atoms in total. The molecule has 20 heavy (non-hydrogen) atoms. The van der Waals surface area contributed by atoms with Crippen molar-refractivity contribution in [2.75, 3.05) is 5.32 Å². The van der Waals surface area contributed by atoms with E-state index in [0.29, 0.717) is 5.92 Å². The number of carbonyl (C=O) groups excluding carboxylic acids is 1. The maximum Gasteiger partial charge on any atom is 0.228 e. The highest BCUT2D eigenvalue weighted by Gasteiger charge is 2.60. The number of carbonyl (C=O) groups is 1. The van der Waals surface area contributed by atoms with Gasteiger partial charge in [0.1, 0.15) is 0 Å². The topological polar surface area (TPSA) is 29.1 Å². The Kier molecular flexibility index (Phi) is 3.77. The van der Waals surface area contributed by atoms with Crippen LogP contribution in [0.5, 0.6) is 0 Å². The minimum atomic E-state index is 0.0685. The summed E-state index contributed by atoms with van der Waals surface area (Å²) in [4.78, 5) is 12.5. The fourth-order valence-electron chi connectivity index (χ4n) is 2.93. The van der Waals surface area contributed by atoms with Gasteiger partial charge in [-0.05, 0) is 56.2 Å². The van der Waals surface area contributed by atoms with Crippen molar-refractivity contribution in [3.05, 3.63) is 41.0 Å². The molecule has 0 saturated heterocycles. The molecule has 1 amide bonds. The van der Waals surface area contributed by atoms with E-state index in [0.717, 1.165) is 11.3 Å². The maximum atomic E-state index is 12.5. The first-order chi connectivity index (χ1) is 9.23. The molecule has 2 atom stereocenters. The van der Waals surface area contributed by atoms with Crippen molar-refractivity contribution < 1.29 is 4.79 Å². The predicted molar refractivity (Wildman–Crippen MR) is 84.7 cm³/mol. The van der Waals surface area contributed by atoms with Crippen LogP contribution < -0.4 is 5.32 Å². The number of anilines is 1. The van der Waals surface area contributed by atoms with Crippen molar-refractivity contribution in [2.45, 2.75) is 41.5 Å². The molecule has 0 radical (unpaired) electrons. The summed E-state index contributed by atoms with van der Waals surface area (Å²) < 4.78 is 0. The molecule has 1 aromatic carbocycles. The molecular formula is C18H25NO. The Morgan fingerprint density at radius 1 is 1.25 bits per heavy atom. The van der Waals surface area contributed by atoms with Gasteiger partial charge in [-0.25, -0.2) is 0 Å². The molecule has 0 unspecified atom stereocenters. The average Bonchev–Trinajstić information content (AvgIpc) is 2.84. The molecule has 1 N–H and O–H groups in total. The zero-order valence-electron chi connectivity index (χ0n) is 13.4. The number of hydrogen-bond donors (Lipinski definition) is 1. The van der Waals surface area contributed by atoms with Gasteiger partial charge in [-0.3, -0.25) is 4.79 Å². The van der Waals surface area contributed by atoms with Gasteiger partial charge < -0.3 is 5.32 Å². The van der Waals surface area contributed by atoms with Crippen LogP contribution in [-0.2, 0) is 4.79 Å². The van der Waals surface area contributed by atoms with Gasteiger partial charge in [0.2, 0.25) is 5.91 Å². The third kappa shape index (κ3) is 2.79. The predicted octanol–water partition coefficient (Wildman–Crippen LogP) is 4.48. The van der Waals surface area contributed by atoms with Crippen LogP contribution in [0.3, 0.4) is 0 Å². The van der Waals surface area contributed by atoms with Gasteiger partial charge in [0, 0.05) is 5.69 Å². The molecule has 1 saturated carbocycles. The normalized spacial score (nSPS) is 23.1. The molecular weight excluding hydrogens is 246 g/mol. The minimum absolute atomic E-state index is 0.0685. The van der Waals surface area contributed by atoms with Crippen LogP contribution in [0.1, 0.15) is 38.8 Å². The number of nitrogens with one attached hydrogen (secondary N) is 1. The molecule has 1 aliphatic rings. The van der Waals surface area contributed by atoms with Crippen molar-refractivity contribution in [2.24, 2.45) is 17.3 Å². The summed E-state index contributed by atoms with van der Waals surface area (Å²) >= 11 is 0. The lowest BCUT2D eigenvalue weighted by Gasteiger charge is -2.10. The quantitative estimate of drug-likeness (QED) is 0.807. The first kappa shape index (κ1) is 14.8. The number of rotatable bonds is 3. The van der Waals surface area contributed by atoms with Gasteiger partial charge in [-0.2, -0.15) is 0 Å². The van der Waals surface area contributed by atoms with E-state index < -0.39 is 0 Å². The molecule has 1 fully saturated rings. The number of allylic oxidation sites excluding steroid dienone is 2. The summed E-state index contributed by atoms with van der Waals surface area (Å²) in [5.41, 5.74) is 4.57. The first-order valence-electron chi connectivity index (χ1n) is 7.26. The number of aryl methyl sites for hydroxylation is 2. The second-order valence-electron chi connectivity index (χ2n) is 6.88. The molecule has 108 valence electrons. The first-order valence-corrected chi connectivity index (χ1v) is 7.26. The third-order valence-corrected chi connectivity index (χ3v) is 4.36. The highest BCUT2D eigenvalue weighted by Crippen LogP contribution is 2.59. The summed E-state index contributed by atoms with van der Waals surface area (Å²) in [6.45, 7) is 12.6. The van der Waals surface area contributed by atoms with Crippen LogP contribution >= 0.6 is 0 Å². The molecule has 0 heterocycles.